The van der Waals surface area contributed by atoms with Gasteiger partial charge in [-0.2, -0.15) is 5.26 Å². The molecule has 0 aliphatic rings. The van der Waals surface area contributed by atoms with Gasteiger partial charge in [0, 0.05) is 35.2 Å². The number of carbonyl (C=O) groups excluding carboxylic acids is 1. The molecule has 1 heterocycles. The fourth-order valence-electron chi connectivity index (χ4n) is 4.23. The smallest absolute Gasteiger partial charge is 0.283 e. The van der Waals surface area contributed by atoms with Crippen LogP contribution in [0.2, 0.25) is 0 Å². The van der Waals surface area contributed by atoms with Crippen LogP contribution in [0.15, 0.2) is 122 Å². The first-order chi connectivity index (χ1) is 19.9. The molecule has 0 spiro atoms. The number of nitro groups is 1. The molecule has 1 amide bonds. The molecule has 41 heavy (non-hydrogen) atoms. The standard InChI is InChI=1S/C32H22N4O4S/c1-21(37)35-26-14-8-9-15-28(26)41-29-17-16-22(18-27(29)36(38)39)20-34-32-25(19-33)30(23-10-4-2-5-11-23)31(40-32)24-12-6-3-7-13-24/h2-18,20H,1H3,(H,35,37). The fraction of sp³-hybridized carbons (Fsp3) is 0.0312. The Morgan fingerprint density at radius 1 is 0.951 bits per heavy atom. The first-order valence-corrected chi connectivity index (χ1v) is 13.3. The number of nitrogens with zero attached hydrogens (tertiary/aromatic N) is 3. The van der Waals surface area contributed by atoms with E-state index in [1.54, 1.807) is 36.4 Å². The first kappa shape index (κ1) is 27.1. The SMILES string of the molecule is CC(=O)Nc1ccccc1Sc1ccc(C=Nc2oc(-c3ccccc3)c(-c3ccccc3)c2C#N)cc1[N+](=O)[O-]. The van der Waals surface area contributed by atoms with E-state index in [1.807, 2.05) is 60.7 Å². The van der Waals surface area contributed by atoms with Gasteiger partial charge >= 0.3 is 0 Å². The number of benzene rings is 4. The molecular weight excluding hydrogens is 536 g/mol. The number of nitro benzene ring substituents is 1. The largest absolute Gasteiger partial charge is 0.436 e. The number of anilines is 1. The number of furan rings is 1. The summed E-state index contributed by atoms with van der Waals surface area (Å²) in [4.78, 5) is 28.6. The van der Waals surface area contributed by atoms with Gasteiger partial charge in [0.2, 0.25) is 11.8 Å². The molecule has 0 bridgehead atoms. The van der Waals surface area contributed by atoms with E-state index in [1.165, 1.54) is 31.0 Å². The molecule has 0 unspecified atom stereocenters. The van der Waals surface area contributed by atoms with Crippen LogP contribution in [0.5, 0.6) is 0 Å². The maximum absolute atomic E-state index is 12.0. The molecule has 9 heteroatoms. The third kappa shape index (κ3) is 6.08. The van der Waals surface area contributed by atoms with Gasteiger partial charge in [0.1, 0.15) is 17.4 Å². The predicted molar refractivity (Wildman–Crippen MR) is 160 cm³/mol. The van der Waals surface area contributed by atoms with Crippen molar-refractivity contribution < 1.29 is 14.1 Å². The quantitative estimate of drug-likeness (QED) is 0.116. The fourth-order valence-corrected chi connectivity index (χ4v) is 5.22. The van der Waals surface area contributed by atoms with E-state index in [0.717, 1.165) is 11.1 Å². The summed E-state index contributed by atoms with van der Waals surface area (Å²) < 4.78 is 6.13. The van der Waals surface area contributed by atoms with Crippen LogP contribution in [-0.4, -0.2) is 17.0 Å². The zero-order valence-corrected chi connectivity index (χ0v) is 22.6. The van der Waals surface area contributed by atoms with Gasteiger partial charge in [-0.25, -0.2) is 4.99 Å². The van der Waals surface area contributed by atoms with E-state index < -0.39 is 4.92 Å². The molecule has 0 saturated heterocycles. The van der Waals surface area contributed by atoms with E-state index in [4.69, 9.17) is 4.42 Å². The van der Waals surface area contributed by atoms with Crippen molar-refractivity contribution in [2.75, 3.05) is 5.32 Å². The summed E-state index contributed by atoms with van der Waals surface area (Å²) in [6.07, 6.45) is 1.44. The Labute approximate surface area is 240 Å². The van der Waals surface area contributed by atoms with Crippen LogP contribution in [0.4, 0.5) is 17.3 Å². The van der Waals surface area contributed by atoms with Gasteiger partial charge in [0.05, 0.1) is 15.5 Å². The molecule has 4 aromatic carbocycles. The van der Waals surface area contributed by atoms with E-state index in [9.17, 15) is 20.2 Å². The maximum atomic E-state index is 12.0. The van der Waals surface area contributed by atoms with E-state index >= 15 is 0 Å². The number of para-hydroxylation sites is 1. The molecule has 8 nitrogen and oxygen atoms in total. The maximum Gasteiger partial charge on any atom is 0.283 e. The van der Waals surface area contributed by atoms with E-state index in [2.05, 4.69) is 16.4 Å². The van der Waals surface area contributed by atoms with Gasteiger partial charge in [-0.15, -0.1) is 0 Å². The molecular formula is C32H22N4O4S. The molecule has 0 saturated carbocycles. The lowest BCUT2D eigenvalue weighted by Crippen LogP contribution is -2.06. The molecule has 0 aliphatic heterocycles. The van der Waals surface area contributed by atoms with Gasteiger partial charge in [0.15, 0.2) is 0 Å². The number of aliphatic imine (C=N–C) groups is 1. The number of carbonyl (C=O) groups is 1. The van der Waals surface area contributed by atoms with E-state index in [-0.39, 0.29) is 23.0 Å². The van der Waals surface area contributed by atoms with Crippen molar-refractivity contribution in [2.45, 2.75) is 16.7 Å². The number of nitriles is 1. The van der Waals surface area contributed by atoms with Gasteiger partial charge in [-0.1, -0.05) is 90.6 Å². The third-order valence-corrected chi connectivity index (χ3v) is 7.17. The number of amides is 1. The lowest BCUT2D eigenvalue weighted by atomic mass is 9.98. The van der Waals surface area contributed by atoms with Crippen molar-refractivity contribution in [3.8, 4) is 28.5 Å². The normalized spacial score (nSPS) is 10.8. The average molecular weight is 559 g/mol. The van der Waals surface area contributed by atoms with Crippen LogP contribution >= 0.6 is 11.8 Å². The lowest BCUT2D eigenvalue weighted by molar-refractivity contribution is -0.387. The number of hydrogen-bond donors (Lipinski definition) is 1. The zero-order chi connectivity index (χ0) is 28.8. The lowest BCUT2D eigenvalue weighted by Gasteiger charge is -2.10. The summed E-state index contributed by atoms with van der Waals surface area (Å²) in [5.41, 5.74) is 3.40. The minimum absolute atomic E-state index is 0.107. The van der Waals surface area contributed by atoms with Crippen LogP contribution in [0.25, 0.3) is 22.5 Å². The molecule has 0 fully saturated rings. The summed E-state index contributed by atoms with van der Waals surface area (Å²) in [5, 5.41) is 24.8. The Hall–Kier alpha value is -5.46. The van der Waals surface area contributed by atoms with Crippen LogP contribution in [0, 0.1) is 21.4 Å². The first-order valence-electron chi connectivity index (χ1n) is 12.5. The molecule has 0 radical (unpaired) electrons. The highest BCUT2D eigenvalue weighted by atomic mass is 32.2. The Morgan fingerprint density at radius 2 is 1.61 bits per heavy atom. The zero-order valence-electron chi connectivity index (χ0n) is 21.8. The second-order valence-electron chi connectivity index (χ2n) is 8.85. The third-order valence-electron chi connectivity index (χ3n) is 6.03. The number of nitrogens with one attached hydrogen (secondary N) is 1. The molecule has 1 aromatic heterocycles. The Balaban J connectivity index is 1.52. The summed E-state index contributed by atoms with van der Waals surface area (Å²) in [6, 6.07) is 33.0. The van der Waals surface area contributed by atoms with Crippen LogP contribution in [0.1, 0.15) is 18.1 Å². The number of rotatable bonds is 8. The van der Waals surface area contributed by atoms with Crippen molar-refractivity contribution >= 4 is 41.1 Å². The Morgan fingerprint density at radius 3 is 2.27 bits per heavy atom. The van der Waals surface area contributed by atoms with Crippen LogP contribution in [-0.2, 0) is 4.79 Å². The van der Waals surface area contributed by atoms with Crippen molar-refractivity contribution in [3.63, 3.8) is 0 Å². The predicted octanol–water partition coefficient (Wildman–Crippen LogP) is 8.25. The summed E-state index contributed by atoms with van der Waals surface area (Å²) in [7, 11) is 0. The van der Waals surface area contributed by atoms with Crippen LogP contribution in [0.3, 0.4) is 0 Å². The topological polar surface area (TPSA) is 122 Å². The monoisotopic (exact) mass is 558 g/mol. The summed E-state index contributed by atoms with van der Waals surface area (Å²) in [5.74, 6) is 0.381. The van der Waals surface area contributed by atoms with Gasteiger partial charge < -0.3 is 9.73 Å². The Bertz CT molecular complexity index is 1810. The average Bonchev–Trinajstić information content (AvgIpc) is 3.36. The summed E-state index contributed by atoms with van der Waals surface area (Å²) in [6.45, 7) is 1.40. The Kier molecular flexibility index (Phi) is 8.04. The highest BCUT2D eigenvalue weighted by molar-refractivity contribution is 7.99. The second-order valence-corrected chi connectivity index (χ2v) is 9.94. The molecule has 0 aliphatic carbocycles. The molecule has 5 rings (SSSR count). The van der Waals surface area contributed by atoms with Gasteiger partial charge in [-0.05, 0) is 29.3 Å². The number of hydrogen-bond acceptors (Lipinski definition) is 7. The molecule has 200 valence electrons. The van der Waals surface area contributed by atoms with Gasteiger partial charge in [-0.3, -0.25) is 14.9 Å². The highest BCUT2D eigenvalue weighted by Crippen LogP contribution is 2.43. The van der Waals surface area contributed by atoms with Gasteiger partial charge in [0.25, 0.3) is 5.69 Å². The molecule has 1 N–H and O–H groups in total. The second kappa shape index (κ2) is 12.2. The molecule has 5 aromatic rings. The van der Waals surface area contributed by atoms with Crippen molar-refractivity contribution in [1.82, 2.24) is 0 Å². The highest BCUT2D eigenvalue weighted by Gasteiger charge is 2.23. The van der Waals surface area contributed by atoms with Crippen LogP contribution < -0.4 is 5.32 Å². The van der Waals surface area contributed by atoms with E-state index in [0.29, 0.717) is 32.4 Å². The van der Waals surface area contributed by atoms with Crippen molar-refractivity contribution in [2.24, 2.45) is 4.99 Å². The summed E-state index contributed by atoms with van der Waals surface area (Å²) >= 11 is 1.18. The minimum Gasteiger partial charge on any atom is -0.436 e. The molecule has 0 atom stereocenters. The van der Waals surface area contributed by atoms with Crippen molar-refractivity contribution in [1.29, 1.82) is 5.26 Å². The minimum atomic E-state index is -0.463. The van der Waals surface area contributed by atoms with Crippen molar-refractivity contribution in [3.05, 3.63) is 124 Å².